The fraction of sp³-hybridized carbons (Fsp3) is 0.462. The summed E-state index contributed by atoms with van der Waals surface area (Å²) in [6, 6.07) is 6.64. The number of hydrogen-bond donors (Lipinski definition) is 1. The van der Waals surface area contributed by atoms with Gasteiger partial charge in [0.25, 0.3) is 0 Å². The summed E-state index contributed by atoms with van der Waals surface area (Å²) < 4.78 is 39.8. The molecule has 0 saturated carbocycles. The molecule has 0 radical (unpaired) electrons. The number of likely N-dealkylation sites (tertiary alicyclic amines) is 1. The quantitative estimate of drug-likeness (QED) is 0.906. The molecule has 108 valence electrons. The number of benzene rings is 1. The summed E-state index contributed by atoms with van der Waals surface area (Å²) in [5, 5.41) is 9.33. The van der Waals surface area contributed by atoms with Gasteiger partial charge in [0.15, 0.2) is 0 Å². The first-order valence-electron chi connectivity index (χ1n) is 6.26. The third-order valence-corrected chi connectivity index (χ3v) is 5.06. The van der Waals surface area contributed by atoms with Gasteiger partial charge in [-0.05, 0) is 44.2 Å². The zero-order valence-corrected chi connectivity index (χ0v) is 12.0. The zero-order chi connectivity index (χ0) is 14.8. The molecule has 2 rings (SSSR count). The first kappa shape index (κ1) is 14.9. The van der Waals surface area contributed by atoms with Gasteiger partial charge in [-0.25, -0.2) is 12.8 Å². The molecule has 1 aliphatic rings. The van der Waals surface area contributed by atoms with E-state index in [2.05, 4.69) is 10.8 Å². The van der Waals surface area contributed by atoms with Crippen molar-refractivity contribution in [2.24, 2.45) is 0 Å². The number of nitriles is 1. The first-order chi connectivity index (χ1) is 9.37. The van der Waals surface area contributed by atoms with Crippen LogP contribution in [0.1, 0.15) is 12.8 Å². The molecular weight excluding hydrogens is 281 g/mol. The van der Waals surface area contributed by atoms with Gasteiger partial charge in [-0.1, -0.05) is 0 Å². The summed E-state index contributed by atoms with van der Waals surface area (Å²) in [5.74, 6) is -0.502. The lowest BCUT2D eigenvalue weighted by Crippen LogP contribution is -2.53. The largest absolute Gasteiger partial charge is 0.306 e. The monoisotopic (exact) mass is 297 g/mol. The normalized spacial score (nSPS) is 19.4. The van der Waals surface area contributed by atoms with Crippen LogP contribution in [0, 0.1) is 17.1 Å². The van der Waals surface area contributed by atoms with E-state index in [9.17, 15) is 18.1 Å². The Morgan fingerprint density at radius 2 is 1.85 bits per heavy atom. The lowest BCUT2D eigenvalue weighted by Gasteiger charge is -2.35. The number of hydrogen-bond acceptors (Lipinski definition) is 4. The molecule has 0 bridgehead atoms. The summed E-state index contributed by atoms with van der Waals surface area (Å²) in [6.07, 6.45) is 0.862. The molecular formula is C13H16FN3O2S. The number of rotatable bonds is 3. The minimum Gasteiger partial charge on any atom is -0.306 e. The van der Waals surface area contributed by atoms with E-state index in [1.165, 1.54) is 12.1 Å². The van der Waals surface area contributed by atoms with Crippen LogP contribution >= 0.6 is 0 Å². The van der Waals surface area contributed by atoms with Crippen molar-refractivity contribution in [1.29, 1.82) is 5.26 Å². The third kappa shape index (κ3) is 3.15. The van der Waals surface area contributed by atoms with Crippen molar-refractivity contribution in [3.8, 4) is 6.07 Å². The Hall–Kier alpha value is -1.49. The van der Waals surface area contributed by atoms with Gasteiger partial charge in [0, 0.05) is 13.1 Å². The van der Waals surface area contributed by atoms with Crippen molar-refractivity contribution in [3.05, 3.63) is 30.1 Å². The highest BCUT2D eigenvalue weighted by molar-refractivity contribution is 7.89. The number of nitrogens with zero attached hydrogens (tertiary/aromatic N) is 2. The second-order valence-electron chi connectivity index (χ2n) is 5.06. The van der Waals surface area contributed by atoms with Crippen LogP contribution in [0.15, 0.2) is 29.2 Å². The maximum absolute atomic E-state index is 12.8. The molecule has 1 aromatic carbocycles. The van der Waals surface area contributed by atoms with Gasteiger partial charge in [0.2, 0.25) is 10.0 Å². The predicted molar refractivity (Wildman–Crippen MR) is 71.8 cm³/mol. The smallest absolute Gasteiger partial charge is 0.241 e. The maximum atomic E-state index is 12.8. The summed E-state index contributed by atoms with van der Waals surface area (Å²) in [7, 11) is -1.90. The van der Waals surface area contributed by atoms with Crippen LogP contribution in [-0.2, 0) is 10.0 Å². The first-order valence-corrected chi connectivity index (χ1v) is 7.75. The average Bonchev–Trinajstić information content (AvgIpc) is 2.42. The zero-order valence-electron chi connectivity index (χ0n) is 11.1. The van der Waals surface area contributed by atoms with Crippen LogP contribution in [-0.4, -0.2) is 39.0 Å². The van der Waals surface area contributed by atoms with Crippen molar-refractivity contribution in [2.75, 3.05) is 20.1 Å². The van der Waals surface area contributed by atoms with Gasteiger partial charge >= 0.3 is 0 Å². The fourth-order valence-electron chi connectivity index (χ4n) is 2.17. The SMILES string of the molecule is CN1CCC(C#N)(NS(=O)(=O)c2ccc(F)cc2)CC1. The number of nitrogens with one attached hydrogen (secondary N) is 1. The Bertz CT molecular complexity index is 614. The highest BCUT2D eigenvalue weighted by Gasteiger charge is 2.38. The highest BCUT2D eigenvalue weighted by atomic mass is 32.2. The molecule has 20 heavy (non-hydrogen) atoms. The minimum absolute atomic E-state index is 0.0348. The third-order valence-electron chi connectivity index (χ3n) is 3.51. The van der Waals surface area contributed by atoms with Crippen LogP contribution in [0.25, 0.3) is 0 Å². The second kappa shape index (κ2) is 5.48. The average molecular weight is 297 g/mol. The Balaban J connectivity index is 2.23. The van der Waals surface area contributed by atoms with Crippen LogP contribution in [0.5, 0.6) is 0 Å². The van der Waals surface area contributed by atoms with Gasteiger partial charge in [-0.3, -0.25) is 0 Å². The van der Waals surface area contributed by atoms with Crippen molar-refractivity contribution in [3.63, 3.8) is 0 Å². The molecule has 1 aliphatic heterocycles. The summed E-state index contributed by atoms with van der Waals surface area (Å²) in [6.45, 7) is 1.30. The van der Waals surface area contributed by atoms with Gasteiger partial charge in [0.1, 0.15) is 11.4 Å². The van der Waals surface area contributed by atoms with E-state index in [4.69, 9.17) is 0 Å². The lowest BCUT2D eigenvalue weighted by atomic mass is 9.91. The molecule has 1 fully saturated rings. The van der Waals surface area contributed by atoms with Crippen molar-refractivity contribution >= 4 is 10.0 Å². The fourth-order valence-corrected chi connectivity index (χ4v) is 3.54. The topological polar surface area (TPSA) is 73.2 Å². The molecule has 7 heteroatoms. The molecule has 0 unspecified atom stereocenters. The van der Waals surface area contributed by atoms with Crippen molar-refractivity contribution in [1.82, 2.24) is 9.62 Å². The van der Waals surface area contributed by atoms with Crippen LogP contribution in [0.3, 0.4) is 0 Å². The number of sulfonamides is 1. The van der Waals surface area contributed by atoms with Gasteiger partial charge in [0.05, 0.1) is 11.0 Å². The highest BCUT2D eigenvalue weighted by Crippen LogP contribution is 2.23. The van der Waals surface area contributed by atoms with Crippen LogP contribution in [0.4, 0.5) is 4.39 Å². The molecule has 1 aromatic rings. The van der Waals surface area contributed by atoms with E-state index >= 15 is 0 Å². The van der Waals surface area contributed by atoms with E-state index in [1.54, 1.807) is 0 Å². The molecule has 5 nitrogen and oxygen atoms in total. The molecule has 1 saturated heterocycles. The minimum atomic E-state index is -3.82. The Kier molecular flexibility index (Phi) is 4.09. The van der Waals surface area contributed by atoms with Crippen molar-refractivity contribution in [2.45, 2.75) is 23.3 Å². The molecule has 0 aliphatic carbocycles. The Morgan fingerprint density at radius 3 is 2.35 bits per heavy atom. The molecule has 1 N–H and O–H groups in total. The number of halogens is 1. The summed E-state index contributed by atoms with van der Waals surface area (Å²) >= 11 is 0. The maximum Gasteiger partial charge on any atom is 0.241 e. The van der Waals surface area contributed by atoms with E-state index in [1.807, 2.05) is 11.9 Å². The van der Waals surface area contributed by atoms with E-state index < -0.39 is 21.4 Å². The van der Waals surface area contributed by atoms with E-state index in [0.29, 0.717) is 25.9 Å². The number of piperidine rings is 1. The van der Waals surface area contributed by atoms with Crippen LogP contribution in [0.2, 0.25) is 0 Å². The Morgan fingerprint density at radius 1 is 1.30 bits per heavy atom. The summed E-state index contributed by atoms with van der Waals surface area (Å²) in [5.41, 5.74) is -1.08. The standard InChI is InChI=1S/C13H16FN3O2S/c1-17-8-6-13(10-15,7-9-17)16-20(18,19)12-4-2-11(14)3-5-12/h2-5,16H,6-9H2,1H3. The van der Waals surface area contributed by atoms with E-state index in [-0.39, 0.29) is 4.90 Å². The van der Waals surface area contributed by atoms with E-state index in [0.717, 1.165) is 12.1 Å². The summed E-state index contributed by atoms with van der Waals surface area (Å²) in [4.78, 5) is 2.01. The lowest BCUT2D eigenvalue weighted by molar-refractivity contribution is 0.213. The molecule has 0 aromatic heterocycles. The van der Waals surface area contributed by atoms with Gasteiger partial charge in [-0.15, -0.1) is 0 Å². The van der Waals surface area contributed by atoms with Crippen LogP contribution < -0.4 is 4.72 Å². The Labute approximate surface area is 118 Å². The molecule has 0 spiro atoms. The van der Waals surface area contributed by atoms with Gasteiger partial charge in [-0.2, -0.15) is 9.98 Å². The predicted octanol–water partition coefficient (Wildman–Crippen LogP) is 1.09. The molecule has 0 amide bonds. The molecule has 0 atom stereocenters. The second-order valence-corrected chi connectivity index (χ2v) is 6.74. The molecule has 1 heterocycles. The van der Waals surface area contributed by atoms with Crippen molar-refractivity contribution < 1.29 is 12.8 Å². The van der Waals surface area contributed by atoms with Gasteiger partial charge < -0.3 is 4.90 Å².